The number of alkyl halides is 1. The van der Waals surface area contributed by atoms with Crippen molar-refractivity contribution in [2.75, 3.05) is 11.6 Å². The largest absolute Gasteiger partial charge is 0.410 e. The second-order valence-corrected chi connectivity index (χ2v) is 6.79. The number of nitrogens with one attached hydrogen (secondary N) is 1. The summed E-state index contributed by atoms with van der Waals surface area (Å²) in [6.45, 7) is 0. The maximum atomic E-state index is 12.0. The Labute approximate surface area is 138 Å². The Balaban J connectivity index is 2.16. The van der Waals surface area contributed by atoms with Gasteiger partial charge in [-0.25, -0.2) is 9.29 Å². The average Bonchev–Trinajstić information content (AvgIpc) is 2.87. The van der Waals surface area contributed by atoms with Gasteiger partial charge in [0.15, 0.2) is 10.8 Å². The molecule has 0 aliphatic carbocycles. The Bertz CT molecular complexity index is 777. The van der Waals surface area contributed by atoms with E-state index >= 15 is 0 Å². The van der Waals surface area contributed by atoms with Crippen molar-refractivity contribution >= 4 is 55.9 Å². The van der Waals surface area contributed by atoms with Crippen LogP contribution in [-0.2, 0) is 19.9 Å². The highest BCUT2D eigenvalue weighted by molar-refractivity contribution is 7.84. The molecule has 23 heavy (non-hydrogen) atoms. The Morgan fingerprint density at radius 1 is 1.61 bits per heavy atom. The molecule has 1 saturated heterocycles. The van der Waals surface area contributed by atoms with Gasteiger partial charge < -0.3 is 16.3 Å². The van der Waals surface area contributed by atoms with Gasteiger partial charge in [-0.05, 0) is 0 Å². The van der Waals surface area contributed by atoms with Crippen LogP contribution in [0.1, 0.15) is 5.69 Å². The lowest BCUT2D eigenvalue weighted by atomic mass is 10.0. The fourth-order valence-electron chi connectivity index (χ4n) is 1.93. The highest BCUT2D eigenvalue weighted by atomic mass is 35.5. The summed E-state index contributed by atoms with van der Waals surface area (Å²) < 4.78 is 31.2. The average molecular weight is 384 g/mol. The number of β-lactam (4-membered cyclic amide) rings is 1. The van der Waals surface area contributed by atoms with Gasteiger partial charge in [-0.2, -0.15) is 8.42 Å². The lowest BCUT2D eigenvalue weighted by Crippen LogP contribution is -2.73. The van der Waals surface area contributed by atoms with E-state index in [1.165, 1.54) is 5.38 Å². The molecule has 1 aromatic rings. The molecule has 2 amide bonds. The van der Waals surface area contributed by atoms with Crippen LogP contribution in [-0.4, -0.2) is 63.0 Å². The smallest absolute Gasteiger partial charge is 0.362 e. The van der Waals surface area contributed by atoms with E-state index in [9.17, 15) is 18.0 Å². The zero-order chi connectivity index (χ0) is 17.4. The number of anilines is 1. The number of thiazole rings is 1. The van der Waals surface area contributed by atoms with Gasteiger partial charge in [-0.15, -0.1) is 22.9 Å². The van der Waals surface area contributed by atoms with Crippen LogP contribution >= 0.6 is 22.9 Å². The number of amides is 2. The molecule has 11 nitrogen and oxygen atoms in total. The molecular weight excluding hydrogens is 374 g/mol. The van der Waals surface area contributed by atoms with E-state index in [2.05, 4.69) is 15.5 Å². The van der Waals surface area contributed by atoms with Crippen molar-refractivity contribution in [3.8, 4) is 0 Å². The van der Waals surface area contributed by atoms with Gasteiger partial charge in [0, 0.05) is 11.3 Å². The van der Waals surface area contributed by atoms with Crippen molar-refractivity contribution in [2.45, 2.75) is 12.1 Å². The number of nitrogens with two attached hydrogens (primary N) is 1. The molecular formula is C9H10ClN5O6S2. The minimum atomic E-state index is -4.78. The van der Waals surface area contributed by atoms with Crippen LogP contribution in [0.4, 0.5) is 5.13 Å². The number of carbonyl (C=O) groups is 2. The number of nitrogens with zero attached hydrogens (tertiary/aromatic N) is 3. The molecule has 14 heteroatoms. The van der Waals surface area contributed by atoms with E-state index in [4.69, 9.17) is 27.1 Å². The molecule has 126 valence electrons. The third-order valence-corrected chi connectivity index (χ3v) is 4.88. The molecule has 0 radical (unpaired) electrons. The van der Waals surface area contributed by atoms with E-state index in [-0.39, 0.29) is 21.0 Å². The van der Waals surface area contributed by atoms with Gasteiger partial charge in [-0.1, -0.05) is 5.16 Å². The molecule has 1 aliphatic rings. The fourth-order valence-corrected chi connectivity index (χ4v) is 3.76. The van der Waals surface area contributed by atoms with Crippen LogP contribution in [0.25, 0.3) is 0 Å². The maximum absolute atomic E-state index is 12.0. The molecule has 2 rings (SSSR count). The van der Waals surface area contributed by atoms with Crippen molar-refractivity contribution in [1.82, 2.24) is 14.6 Å². The number of aromatic nitrogens is 1. The highest BCUT2D eigenvalue weighted by Gasteiger charge is 2.53. The predicted molar refractivity (Wildman–Crippen MR) is 79.7 cm³/mol. The molecule has 0 saturated carbocycles. The Hall–Kier alpha value is -1.96. The molecule has 0 spiro atoms. The van der Waals surface area contributed by atoms with Crippen LogP contribution < -0.4 is 11.1 Å². The topological polar surface area (TPSA) is 175 Å². The zero-order valence-electron chi connectivity index (χ0n) is 11.1. The van der Waals surface area contributed by atoms with Crippen molar-refractivity contribution in [1.29, 1.82) is 0 Å². The number of hydrogen-bond acceptors (Lipinski definition) is 9. The van der Waals surface area contributed by atoms with E-state index in [1.807, 2.05) is 0 Å². The first-order valence-electron chi connectivity index (χ1n) is 5.81. The van der Waals surface area contributed by atoms with Crippen molar-refractivity contribution < 1.29 is 27.8 Å². The number of nitrogen functional groups attached to an aromatic ring is 1. The molecule has 5 N–H and O–H groups in total. The van der Waals surface area contributed by atoms with Gasteiger partial charge in [0.05, 0.1) is 6.04 Å². The lowest BCUT2D eigenvalue weighted by Gasteiger charge is -2.43. The van der Waals surface area contributed by atoms with Crippen LogP contribution in [0, 0.1) is 0 Å². The van der Waals surface area contributed by atoms with Crippen molar-refractivity contribution in [3.05, 3.63) is 11.1 Å². The summed E-state index contributed by atoms with van der Waals surface area (Å²) in [7, 11) is -4.78. The second kappa shape index (κ2) is 6.27. The van der Waals surface area contributed by atoms with Crippen LogP contribution in [0.15, 0.2) is 10.5 Å². The lowest BCUT2D eigenvalue weighted by molar-refractivity contribution is -0.143. The van der Waals surface area contributed by atoms with Gasteiger partial charge in [-0.3, -0.25) is 14.1 Å². The number of hydrogen-bond donors (Lipinski definition) is 4. The van der Waals surface area contributed by atoms with Crippen molar-refractivity contribution in [2.24, 2.45) is 5.16 Å². The van der Waals surface area contributed by atoms with E-state index in [0.29, 0.717) is 0 Å². The number of rotatable bonds is 5. The van der Waals surface area contributed by atoms with E-state index < -0.39 is 39.9 Å². The molecule has 0 bridgehead atoms. The third kappa shape index (κ3) is 3.21. The SMILES string of the molecule is Nc1nc(/C(=N/O)C(=O)NC2C(=O)N(S(=O)(=O)O)C2CCl)cs1. The van der Waals surface area contributed by atoms with Gasteiger partial charge in [0.1, 0.15) is 11.7 Å². The van der Waals surface area contributed by atoms with Gasteiger partial charge in [0.25, 0.3) is 11.8 Å². The van der Waals surface area contributed by atoms with E-state index in [1.54, 1.807) is 0 Å². The third-order valence-electron chi connectivity index (χ3n) is 2.94. The van der Waals surface area contributed by atoms with Crippen LogP contribution in [0.3, 0.4) is 0 Å². The summed E-state index contributed by atoms with van der Waals surface area (Å²) in [5.74, 6) is -2.41. The first kappa shape index (κ1) is 17.4. The Morgan fingerprint density at radius 2 is 2.26 bits per heavy atom. The predicted octanol–water partition coefficient (Wildman–Crippen LogP) is -1.36. The first-order valence-corrected chi connectivity index (χ1v) is 8.62. The van der Waals surface area contributed by atoms with Gasteiger partial charge >= 0.3 is 10.3 Å². The monoisotopic (exact) mass is 383 g/mol. The number of halogens is 1. The fraction of sp³-hybridized carbons (Fsp3) is 0.333. The minimum absolute atomic E-state index is 0.0201. The van der Waals surface area contributed by atoms with E-state index in [0.717, 1.165) is 11.3 Å². The number of carbonyl (C=O) groups excluding carboxylic acids is 2. The zero-order valence-corrected chi connectivity index (χ0v) is 13.5. The molecule has 0 aromatic carbocycles. The summed E-state index contributed by atoms with van der Waals surface area (Å²) in [5, 5.41) is 15.4. The first-order chi connectivity index (χ1) is 10.7. The minimum Gasteiger partial charge on any atom is -0.410 e. The van der Waals surface area contributed by atoms with Crippen molar-refractivity contribution in [3.63, 3.8) is 0 Å². The van der Waals surface area contributed by atoms with Gasteiger partial charge in [0.2, 0.25) is 0 Å². The summed E-state index contributed by atoms with van der Waals surface area (Å²) in [4.78, 5) is 27.5. The Kier molecular flexibility index (Phi) is 4.74. The summed E-state index contributed by atoms with van der Waals surface area (Å²) in [6, 6.07) is -2.46. The number of oxime groups is 1. The van der Waals surface area contributed by atoms with Crippen LogP contribution in [0.2, 0.25) is 0 Å². The molecule has 1 aromatic heterocycles. The summed E-state index contributed by atoms with van der Waals surface area (Å²) in [6.07, 6.45) is 0. The quantitative estimate of drug-likeness (QED) is 0.120. The molecule has 1 fully saturated rings. The molecule has 1 aliphatic heterocycles. The molecule has 2 heterocycles. The summed E-state index contributed by atoms with van der Waals surface area (Å²) in [5.41, 5.74) is 4.88. The standard InChI is InChI=1S/C9H10ClN5O6S2/c10-1-4-6(8(17)15(4)23(19,20)21)13-7(16)5(14-18)3-2-22-9(11)12-3/h2,4,6,18H,1H2,(H2,11,12)(H,13,16)(H,19,20,21)/b14-5-. The van der Waals surface area contributed by atoms with Crippen LogP contribution in [0.5, 0.6) is 0 Å². The molecule has 2 atom stereocenters. The highest BCUT2D eigenvalue weighted by Crippen LogP contribution is 2.24. The normalized spacial score (nSPS) is 21.9. The summed E-state index contributed by atoms with van der Waals surface area (Å²) >= 11 is 6.55. The Morgan fingerprint density at radius 3 is 2.70 bits per heavy atom. The molecule has 2 unspecified atom stereocenters. The second-order valence-electron chi connectivity index (χ2n) is 4.30. The maximum Gasteiger partial charge on any atom is 0.362 e.